The zero-order valence-corrected chi connectivity index (χ0v) is 18.3. The van der Waals surface area contributed by atoms with Crippen molar-refractivity contribution in [3.05, 3.63) is 93.2 Å². The largest absolute Gasteiger partial charge is 0.481 e. The Morgan fingerprint density at radius 1 is 1.21 bits per heavy atom. The third-order valence-corrected chi connectivity index (χ3v) is 5.14. The maximum Gasteiger partial charge on any atom is 0.269 e. The molecule has 11 nitrogen and oxygen atoms in total. The predicted octanol–water partition coefficient (Wildman–Crippen LogP) is 2.13. The molecule has 4 rings (SSSR count). The molecule has 0 spiro atoms. The Kier molecular flexibility index (Phi) is 6.62. The molecule has 1 unspecified atom stereocenters. The van der Waals surface area contributed by atoms with E-state index in [1.54, 1.807) is 31.2 Å². The lowest BCUT2D eigenvalue weighted by Crippen LogP contribution is -2.38. The van der Waals surface area contributed by atoms with E-state index in [2.05, 4.69) is 15.4 Å². The van der Waals surface area contributed by atoms with Crippen LogP contribution in [-0.4, -0.2) is 42.8 Å². The van der Waals surface area contributed by atoms with Gasteiger partial charge in [0.1, 0.15) is 17.5 Å². The summed E-state index contributed by atoms with van der Waals surface area (Å²) in [5.74, 6) is 0.335. The van der Waals surface area contributed by atoms with Crippen molar-refractivity contribution in [1.29, 1.82) is 0 Å². The van der Waals surface area contributed by atoms with Crippen LogP contribution in [0.4, 0.5) is 5.69 Å². The number of nitrogens with zero attached hydrogens (tertiary/aromatic N) is 5. The van der Waals surface area contributed by atoms with E-state index >= 15 is 0 Å². The van der Waals surface area contributed by atoms with E-state index in [1.807, 2.05) is 18.2 Å². The fourth-order valence-electron chi connectivity index (χ4n) is 3.42. The number of hydrogen-bond acceptors (Lipinski definition) is 7. The van der Waals surface area contributed by atoms with Crippen LogP contribution >= 0.6 is 0 Å². The van der Waals surface area contributed by atoms with Gasteiger partial charge in [0.25, 0.3) is 17.2 Å². The lowest BCUT2D eigenvalue weighted by molar-refractivity contribution is -0.384. The minimum Gasteiger partial charge on any atom is -0.481 e. The van der Waals surface area contributed by atoms with Gasteiger partial charge in [-0.15, -0.1) is 0 Å². The highest BCUT2D eigenvalue weighted by Crippen LogP contribution is 2.14. The number of nitro groups is 1. The molecule has 4 aromatic rings. The second-order valence-corrected chi connectivity index (χ2v) is 7.57. The molecule has 0 bridgehead atoms. The summed E-state index contributed by atoms with van der Waals surface area (Å²) in [6.45, 7) is 2.40. The van der Waals surface area contributed by atoms with E-state index in [1.165, 1.54) is 33.9 Å². The first kappa shape index (κ1) is 22.6. The van der Waals surface area contributed by atoms with Gasteiger partial charge in [-0.05, 0) is 24.6 Å². The molecule has 2 aromatic heterocycles. The Bertz CT molecular complexity index is 1380. The quantitative estimate of drug-likeness (QED) is 0.297. The Morgan fingerprint density at radius 3 is 2.76 bits per heavy atom. The summed E-state index contributed by atoms with van der Waals surface area (Å²) in [5, 5.41) is 18.3. The number of non-ortho nitro benzene ring substituents is 1. The lowest BCUT2D eigenvalue weighted by atomic mass is 10.2. The van der Waals surface area contributed by atoms with E-state index in [0.29, 0.717) is 28.9 Å². The minimum atomic E-state index is -0.670. The van der Waals surface area contributed by atoms with Crippen LogP contribution in [0.5, 0.6) is 5.75 Å². The molecule has 0 saturated heterocycles. The van der Waals surface area contributed by atoms with Gasteiger partial charge in [0, 0.05) is 18.7 Å². The molecule has 0 radical (unpaired) electrons. The SMILES string of the molecule is CC(Oc1ccccc1)C(=O)NCCn1ncc2c(=O)n(Cc3cccc([N+](=O)[O-])c3)cnc21. The highest BCUT2D eigenvalue weighted by Gasteiger charge is 2.15. The Balaban J connectivity index is 1.39. The number of nitro benzene ring substituents is 1. The summed E-state index contributed by atoms with van der Waals surface area (Å²) in [6, 6.07) is 15.2. The molecule has 2 heterocycles. The summed E-state index contributed by atoms with van der Waals surface area (Å²) in [5.41, 5.74) is 0.650. The summed E-state index contributed by atoms with van der Waals surface area (Å²) >= 11 is 0. The second-order valence-electron chi connectivity index (χ2n) is 7.57. The standard InChI is InChI=1S/C23H22N6O5/c1-16(34-19-8-3-2-4-9-19)22(30)24-10-11-28-21-20(13-26-28)23(31)27(15-25-21)14-17-6-5-7-18(12-17)29(32)33/h2-9,12-13,15-16H,10-11,14H2,1H3,(H,24,30). The van der Waals surface area contributed by atoms with Crippen LogP contribution in [0, 0.1) is 10.1 Å². The zero-order valence-electron chi connectivity index (χ0n) is 18.3. The number of carbonyl (C=O) groups excluding carboxylic acids is 1. The first-order valence-corrected chi connectivity index (χ1v) is 10.6. The molecule has 1 amide bonds. The second kappa shape index (κ2) is 9.94. The summed E-state index contributed by atoms with van der Waals surface area (Å²) < 4.78 is 8.52. The molecule has 174 valence electrons. The summed E-state index contributed by atoms with van der Waals surface area (Å²) in [7, 11) is 0. The van der Waals surface area contributed by atoms with Crippen molar-refractivity contribution in [2.45, 2.75) is 26.1 Å². The Hall–Kier alpha value is -4.54. The maximum absolute atomic E-state index is 12.9. The molecular weight excluding hydrogens is 440 g/mol. The molecule has 0 aliphatic rings. The number of ether oxygens (including phenoxy) is 1. The van der Waals surface area contributed by atoms with E-state index < -0.39 is 11.0 Å². The van der Waals surface area contributed by atoms with Gasteiger partial charge in [-0.2, -0.15) is 5.10 Å². The van der Waals surface area contributed by atoms with Crippen molar-refractivity contribution in [2.75, 3.05) is 6.54 Å². The number of amides is 1. The fourth-order valence-corrected chi connectivity index (χ4v) is 3.42. The molecule has 0 fully saturated rings. The molecule has 0 saturated carbocycles. The summed E-state index contributed by atoms with van der Waals surface area (Å²) in [6.07, 6.45) is 2.14. The number of carbonyl (C=O) groups is 1. The van der Waals surface area contributed by atoms with E-state index in [4.69, 9.17) is 4.74 Å². The number of para-hydroxylation sites is 1. The molecule has 1 atom stereocenters. The van der Waals surface area contributed by atoms with Gasteiger partial charge in [-0.1, -0.05) is 30.3 Å². The number of nitrogens with one attached hydrogen (secondary N) is 1. The first-order valence-electron chi connectivity index (χ1n) is 10.6. The van der Waals surface area contributed by atoms with Crippen molar-refractivity contribution in [2.24, 2.45) is 0 Å². The average Bonchev–Trinajstić information content (AvgIpc) is 3.25. The van der Waals surface area contributed by atoms with Crippen LogP contribution in [0.1, 0.15) is 12.5 Å². The van der Waals surface area contributed by atoms with Crippen molar-refractivity contribution < 1.29 is 14.5 Å². The van der Waals surface area contributed by atoms with Crippen LogP contribution < -0.4 is 15.6 Å². The molecule has 34 heavy (non-hydrogen) atoms. The maximum atomic E-state index is 12.9. The summed E-state index contributed by atoms with van der Waals surface area (Å²) in [4.78, 5) is 40.0. The van der Waals surface area contributed by atoms with E-state index in [-0.39, 0.29) is 30.2 Å². The van der Waals surface area contributed by atoms with Gasteiger partial charge in [0.05, 0.1) is 24.2 Å². The molecule has 11 heteroatoms. The lowest BCUT2D eigenvalue weighted by Gasteiger charge is -2.14. The van der Waals surface area contributed by atoms with Crippen LogP contribution in [0.15, 0.2) is 71.9 Å². The van der Waals surface area contributed by atoms with Crippen LogP contribution in [0.3, 0.4) is 0 Å². The predicted molar refractivity (Wildman–Crippen MR) is 124 cm³/mol. The normalized spacial score (nSPS) is 11.8. The third kappa shape index (κ3) is 5.09. The monoisotopic (exact) mass is 462 g/mol. The van der Waals surface area contributed by atoms with E-state index in [9.17, 15) is 19.7 Å². The van der Waals surface area contributed by atoms with Gasteiger partial charge in [-0.25, -0.2) is 9.67 Å². The fraction of sp³-hybridized carbons (Fsp3) is 0.217. The average molecular weight is 462 g/mol. The van der Waals surface area contributed by atoms with E-state index in [0.717, 1.165) is 0 Å². The molecule has 2 aromatic carbocycles. The van der Waals surface area contributed by atoms with Crippen molar-refractivity contribution in [1.82, 2.24) is 24.6 Å². The van der Waals surface area contributed by atoms with Gasteiger partial charge >= 0.3 is 0 Å². The number of hydrogen-bond donors (Lipinski definition) is 1. The van der Waals surface area contributed by atoms with Gasteiger partial charge in [-0.3, -0.25) is 24.3 Å². The van der Waals surface area contributed by atoms with Gasteiger partial charge in [0.15, 0.2) is 11.8 Å². The molecule has 1 N–H and O–H groups in total. The number of rotatable bonds is 9. The number of fused-ring (bicyclic) bond motifs is 1. The Labute approximate surface area is 193 Å². The molecule has 0 aliphatic carbocycles. The van der Waals surface area contributed by atoms with Crippen molar-refractivity contribution in [3.63, 3.8) is 0 Å². The third-order valence-electron chi connectivity index (χ3n) is 5.14. The van der Waals surface area contributed by atoms with Crippen molar-refractivity contribution >= 4 is 22.6 Å². The van der Waals surface area contributed by atoms with Gasteiger partial charge in [0.2, 0.25) is 0 Å². The first-order chi connectivity index (χ1) is 16.4. The highest BCUT2D eigenvalue weighted by molar-refractivity contribution is 5.80. The number of benzene rings is 2. The van der Waals surface area contributed by atoms with Crippen LogP contribution in [-0.2, 0) is 17.9 Å². The van der Waals surface area contributed by atoms with Crippen LogP contribution in [0.2, 0.25) is 0 Å². The van der Waals surface area contributed by atoms with Gasteiger partial charge < -0.3 is 10.1 Å². The van der Waals surface area contributed by atoms with Crippen LogP contribution in [0.25, 0.3) is 11.0 Å². The zero-order chi connectivity index (χ0) is 24.1. The minimum absolute atomic E-state index is 0.0436. The topological polar surface area (TPSA) is 134 Å². The number of aromatic nitrogens is 4. The highest BCUT2D eigenvalue weighted by atomic mass is 16.6. The molecular formula is C23H22N6O5. The Morgan fingerprint density at radius 2 is 2.00 bits per heavy atom. The molecule has 0 aliphatic heterocycles. The van der Waals surface area contributed by atoms with Crippen molar-refractivity contribution in [3.8, 4) is 5.75 Å². The smallest absolute Gasteiger partial charge is 0.269 e.